The first-order valence-corrected chi connectivity index (χ1v) is 13.2. The molecule has 0 aliphatic heterocycles. The second-order valence-electron chi connectivity index (χ2n) is 7.79. The molecule has 0 spiro atoms. The van der Waals surface area contributed by atoms with Crippen LogP contribution >= 0.6 is 0 Å². The van der Waals surface area contributed by atoms with Crippen LogP contribution < -0.4 is 0 Å². The third-order valence-corrected chi connectivity index (χ3v) is 6.48. The maximum absolute atomic E-state index is 12.6. The molecule has 0 fully saturated rings. The van der Waals surface area contributed by atoms with Gasteiger partial charge in [-0.2, -0.15) is 12.1 Å². The van der Waals surface area contributed by atoms with E-state index in [1.807, 2.05) is 24.3 Å². The summed E-state index contributed by atoms with van der Waals surface area (Å²) in [5.41, 5.74) is 2.40. The quantitative estimate of drug-likeness (QED) is 0.0902. The number of oxazole rings is 1. The van der Waals surface area contributed by atoms with Crippen LogP contribution in [0.5, 0.6) is 0 Å². The molecule has 0 aliphatic carbocycles. The molecule has 10 nitrogen and oxygen atoms in total. The van der Waals surface area contributed by atoms with Gasteiger partial charge < -0.3 is 9.14 Å². The van der Waals surface area contributed by atoms with Gasteiger partial charge in [0, 0.05) is 30.2 Å². The molecule has 0 saturated heterocycles. The van der Waals surface area contributed by atoms with Crippen LogP contribution in [-0.2, 0) is 26.5 Å². The van der Waals surface area contributed by atoms with Gasteiger partial charge >= 0.3 is 16.5 Å². The van der Waals surface area contributed by atoms with Crippen LogP contribution in [0.3, 0.4) is 0 Å². The molecular weight excluding hydrogens is 589 g/mol. The molecule has 6 rings (SSSR count). The van der Waals surface area contributed by atoms with E-state index < -0.39 is 25.5 Å². The van der Waals surface area contributed by atoms with Gasteiger partial charge in [-0.15, -0.1) is 17.8 Å². The predicted octanol–water partition coefficient (Wildman–Crippen LogP) is 6.76. The van der Waals surface area contributed by atoms with Gasteiger partial charge in [0.1, 0.15) is 14.9 Å². The monoisotopic (exact) mass is 609 g/mol. The number of nitrogens with zero attached hydrogens (tertiary/aromatic N) is 5. The Morgan fingerprint density at radius 1 is 0.829 bits per heavy atom. The molecule has 3 aromatic carbocycles. The number of nitro groups is 1. The molecule has 0 bridgehead atoms. The number of para-hydroxylation sites is 1. The number of hydrogen-bond donors (Lipinski definition) is 0. The zero-order valence-electron chi connectivity index (χ0n) is 21.1. The Bertz CT molecular complexity index is 1730. The average molecular weight is 610 g/mol. The van der Waals surface area contributed by atoms with Crippen molar-refractivity contribution in [3.05, 3.63) is 149 Å². The van der Waals surface area contributed by atoms with Crippen LogP contribution in [0, 0.1) is 16.2 Å². The number of benzene rings is 3. The summed E-state index contributed by atoms with van der Waals surface area (Å²) < 4.78 is 34.0. The Balaban J connectivity index is 0.000000233. The van der Waals surface area contributed by atoms with E-state index >= 15 is 0 Å². The van der Waals surface area contributed by atoms with E-state index in [0.29, 0.717) is 11.3 Å². The minimum atomic E-state index is -4.26. The van der Waals surface area contributed by atoms with Gasteiger partial charge in [0.15, 0.2) is 6.39 Å². The minimum absolute atomic E-state index is 0. The molecule has 3 heterocycles. The maximum atomic E-state index is 12.6. The first-order chi connectivity index (χ1) is 19.5. The Hall–Kier alpha value is -4.93. The fourth-order valence-corrected chi connectivity index (χ4v) is 4.53. The summed E-state index contributed by atoms with van der Waals surface area (Å²) in [5.74, 6) is 0. The molecule has 0 radical (unpaired) electrons. The summed E-state index contributed by atoms with van der Waals surface area (Å²) in [7, 11) is -4.26. The van der Waals surface area contributed by atoms with Crippen molar-refractivity contribution in [1.29, 1.82) is 0 Å². The fraction of sp³-hybridized carbons (Fsp3) is 0. The Morgan fingerprint density at radius 2 is 1.54 bits per heavy atom. The minimum Gasteiger partial charge on any atom is -0.572 e. The van der Waals surface area contributed by atoms with Gasteiger partial charge in [0.2, 0.25) is 0 Å². The Labute approximate surface area is 246 Å². The van der Waals surface area contributed by atoms with Crippen molar-refractivity contribution in [2.24, 2.45) is 0 Å². The molecule has 41 heavy (non-hydrogen) atoms. The summed E-state index contributed by atoms with van der Waals surface area (Å²) in [6.07, 6.45) is 6.52. The number of pyridine rings is 2. The average Bonchev–Trinajstić information content (AvgIpc) is 3.48. The van der Waals surface area contributed by atoms with Gasteiger partial charge in [-0.25, -0.2) is 8.42 Å². The normalized spacial score (nSPS) is 10.1. The van der Waals surface area contributed by atoms with Crippen LogP contribution in [0.1, 0.15) is 0 Å². The zero-order valence-corrected chi connectivity index (χ0v) is 22.9. The fourth-order valence-electron chi connectivity index (χ4n) is 3.36. The topological polar surface area (TPSA) is 143 Å². The molecule has 0 saturated carbocycles. The number of sulfonamides is 1. The Morgan fingerprint density at radius 3 is 2.20 bits per heavy atom. The zero-order chi connectivity index (χ0) is 28.2. The van der Waals surface area contributed by atoms with Crippen LogP contribution in [0.25, 0.3) is 27.1 Å². The van der Waals surface area contributed by atoms with Gasteiger partial charge in [0.25, 0.3) is 5.69 Å². The summed E-state index contributed by atoms with van der Waals surface area (Å²) in [6, 6.07) is 31.0. The van der Waals surface area contributed by atoms with Crippen LogP contribution in [0.2, 0.25) is 0 Å². The van der Waals surface area contributed by atoms with E-state index in [4.69, 9.17) is 4.42 Å². The van der Waals surface area contributed by atoms with Crippen molar-refractivity contribution < 1.29 is 34.2 Å². The van der Waals surface area contributed by atoms with Crippen molar-refractivity contribution in [2.75, 3.05) is 0 Å². The van der Waals surface area contributed by atoms with Gasteiger partial charge in [-0.3, -0.25) is 25.1 Å². The van der Waals surface area contributed by atoms with Crippen molar-refractivity contribution in [2.45, 2.75) is 4.90 Å². The van der Waals surface area contributed by atoms with Crippen molar-refractivity contribution >= 4 is 32.5 Å². The molecule has 3 aromatic heterocycles. The standard InChI is InChI=1S/C17H12N3O4S.C7H4NO.C5H5N.Ni/c21-20(22)16-10-3-4-11-17(16)25(23,24)19-15-9-2-1-7-13(15)14-8-5-6-12-18-14;1-2-4-7-6(3-1)8-5-9-7;1-2-4-6-5-3-1;/h1-12H;2-5H;1-5H;/q2*-1;;+2. The summed E-state index contributed by atoms with van der Waals surface area (Å²) in [5, 5.41) is 11.1. The maximum Gasteiger partial charge on any atom is 2.00 e. The summed E-state index contributed by atoms with van der Waals surface area (Å²) >= 11 is 0. The number of fused-ring (bicyclic) bond motifs is 1. The number of rotatable bonds is 5. The van der Waals surface area contributed by atoms with E-state index in [0.717, 1.165) is 17.2 Å². The van der Waals surface area contributed by atoms with Crippen molar-refractivity contribution in [3.8, 4) is 11.3 Å². The molecular formula is C29H21N5NiO5S. The third kappa shape index (κ3) is 8.53. The molecule has 6 aromatic rings. The second-order valence-corrected chi connectivity index (χ2v) is 9.37. The summed E-state index contributed by atoms with van der Waals surface area (Å²) in [6.45, 7) is 0. The first kappa shape index (κ1) is 30.6. The van der Waals surface area contributed by atoms with Gasteiger partial charge in [-0.1, -0.05) is 48.5 Å². The smallest absolute Gasteiger partial charge is 0.572 e. The summed E-state index contributed by atoms with van der Waals surface area (Å²) in [4.78, 5) is 21.8. The van der Waals surface area contributed by atoms with Crippen LogP contribution in [0.15, 0.2) is 137 Å². The second kappa shape index (κ2) is 15.0. The van der Waals surface area contributed by atoms with E-state index in [1.165, 1.54) is 30.7 Å². The molecule has 0 aliphatic rings. The first-order valence-electron chi connectivity index (χ1n) is 11.7. The Kier molecular flexibility index (Phi) is 11.2. The molecule has 0 N–H and O–H groups in total. The predicted molar refractivity (Wildman–Crippen MR) is 150 cm³/mol. The van der Waals surface area contributed by atoms with E-state index in [1.54, 1.807) is 67.1 Å². The SMILES string of the molecule is O=[N+]([O-])c1ccccc1S(=O)(=O)[N-]c1ccccc1-c1ccccn1.[Ni+2].[c-]1ccc2ocnc2c1.c1ccncc1. The van der Waals surface area contributed by atoms with E-state index in [2.05, 4.69) is 25.7 Å². The van der Waals surface area contributed by atoms with Crippen molar-refractivity contribution in [1.82, 2.24) is 15.0 Å². The number of aromatic nitrogens is 3. The van der Waals surface area contributed by atoms with E-state index in [-0.39, 0.29) is 22.2 Å². The molecule has 0 unspecified atom stereocenters. The number of hydrogen-bond acceptors (Lipinski definition) is 8. The molecule has 12 heteroatoms. The molecule has 208 valence electrons. The van der Waals surface area contributed by atoms with E-state index in [9.17, 15) is 18.5 Å². The molecule has 0 atom stereocenters. The number of nitro benzene ring substituents is 1. The van der Waals surface area contributed by atoms with Gasteiger partial charge in [-0.05, 0) is 41.4 Å². The third-order valence-electron chi connectivity index (χ3n) is 5.14. The van der Waals surface area contributed by atoms with Gasteiger partial charge in [0.05, 0.1) is 10.6 Å². The van der Waals surface area contributed by atoms with Crippen LogP contribution in [0.4, 0.5) is 11.4 Å². The molecule has 0 amide bonds. The van der Waals surface area contributed by atoms with Crippen LogP contribution in [-0.4, -0.2) is 28.3 Å². The largest absolute Gasteiger partial charge is 2.00 e. The van der Waals surface area contributed by atoms with Crippen molar-refractivity contribution in [3.63, 3.8) is 0 Å².